The fraction of sp³-hybridized carbons (Fsp3) is 0. The first-order valence-electron chi connectivity index (χ1n) is 2.90. The Morgan fingerprint density at radius 3 is 3.10 bits per heavy atom. The Bertz CT molecular complexity index is 353. The van der Waals surface area contributed by atoms with E-state index in [9.17, 15) is 0 Å². The zero-order valence-electron chi connectivity index (χ0n) is 5.11. The van der Waals surface area contributed by atoms with Crippen LogP contribution in [0.2, 0.25) is 0 Å². The first kappa shape index (κ1) is 5.29. The van der Waals surface area contributed by atoms with Gasteiger partial charge in [0.25, 0.3) is 0 Å². The Morgan fingerprint density at radius 2 is 2.30 bits per heavy atom. The van der Waals surface area contributed by atoms with E-state index in [2.05, 4.69) is 5.16 Å². The topological polar surface area (TPSA) is 46.3 Å². The summed E-state index contributed by atoms with van der Waals surface area (Å²) in [7, 11) is 0. The van der Waals surface area contributed by atoms with Gasteiger partial charge in [0, 0.05) is 5.39 Å². The lowest BCUT2D eigenvalue weighted by Crippen LogP contribution is -1.63. The van der Waals surface area contributed by atoms with Crippen LogP contribution in [0.15, 0.2) is 28.9 Å². The van der Waals surface area contributed by atoms with E-state index in [0.717, 1.165) is 5.39 Å². The Morgan fingerprint density at radius 1 is 1.40 bits per heavy atom. The number of nitrogens with zero attached hydrogens (tertiary/aromatic N) is 1. The van der Waals surface area contributed by atoms with Crippen molar-refractivity contribution in [3.8, 4) is 5.75 Å². The highest BCUT2D eigenvalue weighted by Gasteiger charge is 2.00. The van der Waals surface area contributed by atoms with Gasteiger partial charge in [-0.25, -0.2) is 0 Å². The highest BCUT2D eigenvalue weighted by atomic mass is 16.5. The van der Waals surface area contributed by atoms with E-state index in [0.29, 0.717) is 5.58 Å². The molecular weight excluding hydrogens is 130 g/mol. The number of phenolic OH excluding ortho intramolecular Hbond substituents is 1. The van der Waals surface area contributed by atoms with Gasteiger partial charge in [0.1, 0.15) is 0 Å². The van der Waals surface area contributed by atoms with E-state index in [1.54, 1.807) is 18.3 Å². The first-order chi connectivity index (χ1) is 4.88. The fourth-order valence-corrected chi connectivity index (χ4v) is 0.879. The van der Waals surface area contributed by atoms with Gasteiger partial charge in [-0.15, -0.1) is 0 Å². The summed E-state index contributed by atoms with van der Waals surface area (Å²) in [5.74, 6) is 0.134. The molecule has 3 nitrogen and oxygen atoms in total. The van der Waals surface area contributed by atoms with Gasteiger partial charge in [0.2, 0.25) is 5.58 Å². The van der Waals surface area contributed by atoms with Gasteiger partial charge in [-0.05, 0) is 12.1 Å². The molecule has 0 radical (unpaired) electrons. The van der Waals surface area contributed by atoms with Crippen molar-refractivity contribution in [2.24, 2.45) is 0 Å². The molecule has 10 heavy (non-hydrogen) atoms. The number of aromatic hydroxyl groups is 1. The summed E-state index contributed by atoms with van der Waals surface area (Å²) in [6.45, 7) is 0. The minimum Gasteiger partial charge on any atom is -0.504 e. The Balaban J connectivity index is 2.95. The third kappa shape index (κ3) is 0.572. The molecule has 1 aromatic carbocycles. The average Bonchev–Trinajstić information content (AvgIpc) is 2.36. The zero-order valence-corrected chi connectivity index (χ0v) is 5.11. The summed E-state index contributed by atoms with van der Waals surface area (Å²) in [6, 6.07) is 5.13. The molecule has 0 saturated heterocycles. The summed E-state index contributed by atoms with van der Waals surface area (Å²) < 4.78 is 4.75. The molecule has 3 heteroatoms. The van der Waals surface area contributed by atoms with Crippen LogP contribution in [-0.2, 0) is 0 Å². The molecule has 1 N–H and O–H groups in total. The van der Waals surface area contributed by atoms with Crippen LogP contribution in [0, 0.1) is 0 Å². The average molecular weight is 135 g/mol. The minimum atomic E-state index is 0.134. The van der Waals surface area contributed by atoms with Gasteiger partial charge in [0.15, 0.2) is 5.75 Å². The van der Waals surface area contributed by atoms with Gasteiger partial charge in [0.05, 0.1) is 6.20 Å². The number of aromatic nitrogens is 1. The van der Waals surface area contributed by atoms with Crippen molar-refractivity contribution in [2.75, 3.05) is 0 Å². The van der Waals surface area contributed by atoms with Gasteiger partial charge in [-0.2, -0.15) is 0 Å². The van der Waals surface area contributed by atoms with Crippen LogP contribution >= 0.6 is 0 Å². The van der Waals surface area contributed by atoms with Crippen LogP contribution in [0.3, 0.4) is 0 Å². The summed E-state index contributed by atoms with van der Waals surface area (Å²) >= 11 is 0. The largest absolute Gasteiger partial charge is 0.504 e. The maximum absolute atomic E-state index is 9.13. The standard InChI is InChI=1S/C7H5NO2/c9-6-3-1-2-5-4-8-10-7(5)6/h1-4,9H. The third-order valence-electron chi connectivity index (χ3n) is 1.36. The fourth-order valence-electron chi connectivity index (χ4n) is 0.879. The van der Waals surface area contributed by atoms with Crippen LogP contribution < -0.4 is 0 Å². The van der Waals surface area contributed by atoms with Gasteiger partial charge in [-0.3, -0.25) is 0 Å². The molecule has 0 aliphatic heterocycles. The number of para-hydroxylation sites is 1. The second kappa shape index (κ2) is 1.73. The number of hydrogen-bond acceptors (Lipinski definition) is 3. The maximum Gasteiger partial charge on any atom is 0.208 e. The molecule has 1 heterocycles. The zero-order chi connectivity index (χ0) is 6.97. The molecule has 0 unspecified atom stereocenters. The molecule has 0 aliphatic carbocycles. The first-order valence-corrected chi connectivity index (χ1v) is 2.90. The van der Waals surface area contributed by atoms with E-state index < -0.39 is 0 Å². The maximum atomic E-state index is 9.13. The lowest BCUT2D eigenvalue weighted by atomic mass is 10.2. The number of hydrogen-bond donors (Lipinski definition) is 1. The van der Waals surface area contributed by atoms with Crippen LogP contribution in [0.25, 0.3) is 11.0 Å². The highest BCUT2D eigenvalue weighted by Crippen LogP contribution is 2.22. The van der Waals surface area contributed by atoms with Gasteiger partial charge < -0.3 is 9.63 Å². The quantitative estimate of drug-likeness (QED) is 0.595. The van der Waals surface area contributed by atoms with Crippen LogP contribution in [-0.4, -0.2) is 10.3 Å². The number of fused-ring (bicyclic) bond motifs is 1. The Kier molecular flexibility index (Phi) is 0.917. The summed E-state index contributed by atoms with van der Waals surface area (Å²) in [5, 5.41) is 13.5. The molecule has 0 bridgehead atoms. The van der Waals surface area contributed by atoms with Crippen molar-refractivity contribution in [1.29, 1.82) is 0 Å². The van der Waals surface area contributed by atoms with Crippen LogP contribution in [0.4, 0.5) is 0 Å². The predicted molar refractivity (Wildman–Crippen MR) is 35.7 cm³/mol. The van der Waals surface area contributed by atoms with Gasteiger partial charge >= 0.3 is 0 Å². The smallest absolute Gasteiger partial charge is 0.208 e. The molecule has 0 saturated carbocycles. The van der Waals surface area contributed by atoms with Crippen LogP contribution in [0.5, 0.6) is 5.75 Å². The van der Waals surface area contributed by atoms with E-state index in [1.165, 1.54) is 0 Å². The molecule has 50 valence electrons. The molecule has 1 aromatic heterocycles. The molecule has 0 spiro atoms. The molecular formula is C7H5NO2. The Labute approximate surface area is 56.9 Å². The lowest BCUT2D eigenvalue weighted by molar-refractivity contribution is 0.422. The molecule has 0 aliphatic rings. The Hall–Kier alpha value is -1.51. The molecule has 2 aromatic rings. The second-order valence-corrected chi connectivity index (χ2v) is 2.02. The summed E-state index contributed by atoms with van der Waals surface area (Å²) in [4.78, 5) is 0. The molecule has 0 amide bonds. The van der Waals surface area contributed by atoms with E-state index >= 15 is 0 Å². The molecule has 0 fully saturated rings. The molecule has 2 rings (SSSR count). The third-order valence-corrected chi connectivity index (χ3v) is 1.36. The molecule has 0 atom stereocenters. The monoisotopic (exact) mass is 135 g/mol. The normalized spacial score (nSPS) is 10.4. The van der Waals surface area contributed by atoms with Crippen molar-refractivity contribution in [1.82, 2.24) is 5.16 Å². The van der Waals surface area contributed by atoms with Crippen LogP contribution in [0.1, 0.15) is 0 Å². The van der Waals surface area contributed by atoms with Crippen molar-refractivity contribution in [2.45, 2.75) is 0 Å². The number of benzene rings is 1. The SMILES string of the molecule is Oc1cccc2cnoc12. The van der Waals surface area contributed by atoms with Crippen molar-refractivity contribution in [3.05, 3.63) is 24.4 Å². The lowest BCUT2D eigenvalue weighted by Gasteiger charge is -1.87. The van der Waals surface area contributed by atoms with E-state index in [1.807, 2.05) is 6.07 Å². The van der Waals surface area contributed by atoms with Crippen molar-refractivity contribution < 1.29 is 9.63 Å². The second-order valence-electron chi connectivity index (χ2n) is 2.02. The minimum absolute atomic E-state index is 0.134. The van der Waals surface area contributed by atoms with Gasteiger partial charge in [-0.1, -0.05) is 11.2 Å². The van der Waals surface area contributed by atoms with E-state index in [4.69, 9.17) is 9.63 Å². The number of rotatable bonds is 0. The number of phenols is 1. The summed E-state index contributed by atoms with van der Waals surface area (Å²) in [6.07, 6.45) is 1.56. The van der Waals surface area contributed by atoms with Crippen molar-refractivity contribution >= 4 is 11.0 Å². The predicted octanol–water partition coefficient (Wildman–Crippen LogP) is 1.53. The summed E-state index contributed by atoms with van der Waals surface area (Å²) in [5.41, 5.74) is 0.447. The van der Waals surface area contributed by atoms with Crippen molar-refractivity contribution in [3.63, 3.8) is 0 Å². The van der Waals surface area contributed by atoms with E-state index in [-0.39, 0.29) is 5.75 Å². The highest BCUT2D eigenvalue weighted by molar-refractivity contribution is 5.81.